The molecular formula is C13H24BNO6S. The van der Waals surface area contributed by atoms with E-state index in [1.54, 1.807) is 39.8 Å². The van der Waals surface area contributed by atoms with E-state index in [1.807, 2.05) is 0 Å². The van der Waals surface area contributed by atoms with Crippen LogP contribution < -0.4 is 10.2 Å². The molecule has 0 aliphatic heterocycles. The Balaban J connectivity index is 0.000000472. The van der Waals surface area contributed by atoms with Crippen LogP contribution in [0.1, 0.15) is 27.7 Å². The fourth-order valence-corrected chi connectivity index (χ4v) is 1.60. The number of nitrogens with one attached hydrogen (secondary N) is 1. The highest BCUT2D eigenvalue weighted by molar-refractivity contribution is 7.92. The van der Waals surface area contributed by atoms with Gasteiger partial charge in [-0.05, 0) is 33.8 Å². The molecule has 0 unspecified atom stereocenters. The van der Waals surface area contributed by atoms with Crippen LogP contribution in [0.15, 0.2) is 24.3 Å². The molecule has 0 saturated heterocycles. The average Bonchev–Trinajstić information content (AvgIpc) is 2.25. The number of sulfonamides is 1. The average molecular weight is 333 g/mol. The van der Waals surface area contributed by atoms with Crippen molar-refractivity contribution in [2.75, 3.05) is 11.0 Å². The molecule has 0 heterocycles. The zero-order chi connectivity index (χ0) is 17.8. The topological polar surface area (TPSA) is 127 Å². The van der Waals surface area contributed by atoms with Crippen molar-refractivity contribution in [3.63, 3.8) is 0 Å². The first-order valence-electron chi connectivity index (χ1n) is 6.53. The Morgan fingerprint density at radius 2 is 1.41 bits per heavy atom. The summed E-state index contributed by atoms with van der Waals surface area (Å²) in [5, 5.41) is 36.1. The van der Waals surface area contributed by atoms with Crippen LogP contribution in [0.2, 0.25) is 0 Å². The maximum Gasteiger partial charge on any atom is 0.490 e. The summed E-state index contributed by atoms with van der Waals surface area (Å²) in [6.45, 7) is 6.31. The summed E-state index contributed by atoms with van der Waals surface area (Å²) in [5.74, 6) is 0. The highest BCUT2D eigenvalue weighted by Crippen LogP contribution is 2.19. The van der Waals surface area contributed by atoms with Gasteiger partial charge in [-0.15, -0.1) is 0 Å². The number of hydrogen-bond donors (Lipinski definition) is 5. The second-order valence-electron chi connectivity index (χ2n) is 5.95. The minimum absolute atomic E-state index is 0.123. The van der Waals surface area contributed by atoms with E-state index in [0.29, 0.717) is 0 Å². The molecule has 0 aliphatic carbocycles. The van der Waals surface area contributed by atoms with Gasteiger partial charge in [0.1, 0.15) is 0 Å². The fourth-order valence-electron chi connectivity index (χ4n) is 1.01. The van der Waals surface area contributed by atoms with Crippen LogP contribution in [0, 0.1) is 0 Å². The molecule has 9 heteroatoms. The third-order valence-electron chi connectivity index (χ3n) is 3.03. The molecule has 0 saturated carbocycles. The summed E-state index contributed by atoms with van der Waals surface area (Å²) in [4.78, 5) is 0. The molecule has 0 fully saturated rings. The Morgan fingerprint density at radius 3 is 1.73 bits per heavy atom. The molecule has 7 nitrogen and oxygen atoms in total. The van der Waals surface area contributed by atoms with Gasteiger partial charge < -0.3 is 20.3 Å². The minimum Gasteiger partial charge on any atom is -0.423 e. The smallest absolute Gasteiger partial charge is 0.423 e. The molecular weight excluding hydrogens is 309 g/mol. The monoisotopic (exact) mass is 333 g/mol. The van der Waals surface area contributed by atoms with Crippen LogP contribution >= 0.6 is 0 Å². The maximum atomic E-state index is 10.9. The van der Waals surface area contributed by atoms with Crippen molar-refractivity contribution in [2.24, 2.45) is 0 Å². The van der Waals surface area contributed by atoms with Crippen molar-refractivity contribution >= 4 is 28.3 Å². The Labute approximate surface area is 131 Å². The molecule has 126 valence electrons. The van der Waals surface area contributed by atoms with Crippen LogP contribution in [0.25, 0.3) is 0 Å². The van der Waals surface area contributed by atoms with Crippen LogP contribution in [-0.2, 0) is 10.0 Å². The molecule has 0 aromatic heterocycles. The SMILES string of the molecule is CC(C)(O)C(C)(C)O.CS(=O)(=O)Nc1ccccc1B(O)O. The lowest BCUT2D eigenvalue weighted by Gasteiger charge is -2.31. The molecule has 1 aromatic carbocycles. The van der Waals surface area contributed by atoms with E-state index in [1.165, 1.54) is 12.1 Å². The first-order valence-corrected chi connectivity index (χ1v) is 8.42. The van der Waals surface area contributed by atoms with Crippen LogP contribution in [-0.4, -0.2) is 53.3 Å². The van der Waals surface area contributed by atoms with Crippen molar-refractivity contribution in [3.8, 4) is 0 Å². The third-order valence-corrected chi connectivity index (χ3v) is 3.62. The second-order valence-corrected chi connectivity index (χ2v) is 7.70. The standard InChI is InChI=1S/C7H10BNO4S.C6H14O2/c1-14(12,13)9-7-5-3-2-4-6(7)8(10)11;1-5(2,7)6(3,4)8/h2-5,9-11H,1H3;7-8H,1-4H3. The van der Waals surface area contributed by atoms with E-state index in [4.69, 9.17) is 20.3 Å². The normalized spacial score (nSPS) is 12.2. The summed E-state index contributed by atoms with van der Waals surface area (Å²) in [6, 6.07) is 6.07. The predicted octanol–water partition coefficient (Wildman–Crippen LogP) is -0.734. The lowest BCUT2D eigenvalue weighted by Crippen LogP contribution is -2.44. The van der Waals surface area contributed by atoms with Gasteiger partial charge in [0.25, 0.3) is 0 Å². The van der Waals surface area contributed by atoms with Gasteiger partial charge >= 0.3 is 7.12 Å². The Hall–Kier alpha value is -1.13. The van der Waals surface area contributed by atoms with Crippen molar-refractivity contribution < 1.29 is 28.7 Å². The summed E-state index contributed by atoms with van der Waals surface area (Å²) in [5.41, 5.74) is -1.72. The zero-order valence-corrected chi connectivity index (χ0v) is 14.2. The minimum atomic E-state index is -3.41. The van der Waals surface area contributed by atoms with Gasteiger partial charge in [-0.3, -0.25) is 4.72 Å². The van der Waals surface area contributed by atoms with Gasteiger partial charge in [-0.1, -0.05) is 18.2 Å². The molecule has 0 radical (unpaired) electrons. The van der Waals surface area contributed by atoms with Crippen molar-refractivity contribution in [3.05, 3.63) is 24.3 Å². The maximum absolute atomic E-state index is 10.9. The van der Waals surface area contributed by atoms with E-state index in [-0.39, 0.29) is 11.2 Å². The molecule has 0 atom stereocenters. The quantitative estimate of drug-likeness (QED) is 0.462. The summed E-state index contributed by atoms with van der Waals surface area (Å²) < 4.78 is 24.0. The lowest BCUT2D eigenvalue weighted by molar-refractivity contribution is -0.107. The highest BCUT2D eigenvalue weighted by Gasteiger charge is 2.31. The number of rotatable bonds is 4. The van der Waals surface area contributed by atoms with Crippen LogP contribution in [0.4, 0.5) is 5.69 Å². The largest absolute Gasteiger partial charge is 0.490 e. The van der Waals surface area contributed by atoms with E-state index >= 15 is 0 Å². The number of benzene rings is 1. The predicted molar refractivity (Wildman–Crippen MR) is 87.3 cm³/mol. The molecule has 1 aromatic rings. The van der Waals surface area contributed by atoms with Crippen molar-refractivity contribution in [1.29, 1.82) is 0 Å². The zero-order valence-electron chi connectivity index (χ0n) is 13.4. The van der Waals surface area contributed by atoms with E-state index in [9.17, 15) is 8.42 Å². The first kappa shape index (κ1) is 20.9. The number of aliphatic hydroxyl groups is 2. The Bertz CT molecular complexity index is 563. The number of anilines is 1. The number of hydrogen-bond acceptors (Lipinski definition) is 6. The lowest BCUT2D eigenvalue weighted by atomic mass is 9.79. The fraction of sp³-hybridized carbons (Fsp3) is 0.538. The molecule has 0 spiro atoms. The molecule has 5 N–H and O–H groups in total. The number of para-hydroxylation sites is 1. The van der Waals surface area contributed by atoms with Gasteiger partial charge in [0.15, 0.2) is 0 Å². The van der Waals surface area contributed by atoms with Gasteiger partial charge in [-0.25, -0.2) is 8.42 Å². The Kier molecular flexibility index (Phi) is 7.05. The highest BCUT2D eigenvalue weighted by atomic mass is 32.2. The van der Waals surface area contributed by atoms with Crippen LogP contribution in [0.5, 0.6) is 0 Å². The van der Waals surface area contributed by atoms with E-state index < -0.39 is 28.3 Å². The second kappa shape index (κ2) is 7.43. The molecule has 1 rings (SSSR count). The molecule has 0 aliphatic rings. The van der Waals surface area contributed by atoms with Crippen molar-refractivity contribution in [2.45, 2.75) is 38.9 Å². The van der Waals surface area contributed by atoms with Gasteiger partial charge in [-0.2, -0.15) is 0 Å². The van der Waals surface area contributed by atoms with E-state index in [0.717, 1.165) is 6.26 Å². The Morgan fingerprint density at radius 1 is 1.00 bits per heavy atom. The first-order chi connectivity index (χ1) is 9.65. The van der Waals surface area contributed by atoms with E-state index in [2.05, 4.69) is 4.72 Å². The summed E-state index contributed by atoms with van der Waals surface area (Å²) in [6.07, 6.45) is 0.994. The third kappa shape index (κ3) is 7.76. The van der Waals surface area contributed by atoms with Crippen LogP contribution in [0.3, 0.4) is 0 Å². The molecule has 0 amide bonds. The van der Waals surface area contributed by atoms with Gasteiger partial charge in [0.05, 0.1) is 17.5 Å². The van der Waals surface area contributed by atoms with Gasteiger partial charge in [0, 0.05) is 11.2 Å². The summed E-state index contributed by atoms with van der Waals surface area (Å²) in [7, 11) is -5.10. The van der Waals surface area contributed by atoms with Gasteiger partial charge in [0.2, 0.25) is 10.0 Å². The van der Waals surface area contributed by atoms with Crippen molar-refractivity contribution in [1.82, 2.24) is 0 Å². The molecule has 0 bridgehead atoms. The summed E-state index contributed by atoms with van der Waals surface area (Å²) >= 11 is 0. The molecule has 22 heavy (non-hydrogen) atoms.